The van der Waals surface area contributed by atoms with E-state index in [1.165, 1.54) is 16.7 Å². The van der Waals surface area contributed by atoms with E-state index in [0.29, 0.717) is 0 Å². The lowest BCUT2D eigenvalue weighted by molar-refractivity contribution is 0.349. The summed E-state index contributed by atoms with van der Waals surface area (Å²) in [5, 5.41) is 0. The molecule has 0 N–H and O–H groups in total. The average Bonchev–Trinajstić information content (AvgIpc) is 3.44. The predicted molar refractivity (Wildman–Crippen MR) is 88.9 cm³/mol. The third kappa shape index (κ3) is 2.06. The molecule has 1 atom stereocenters. The van der Waals surface area contributed by atoms with Crippen molar-refractivity contribution in [2.45, 2.75) is 11.5 Å². The number of epoxide rings is 1. The summed E-state index contributed by atoms with van der Waals surface area (Å²) in [5.74, 6) is 0. The van der Waals surface area contributed by atoms with Gasteiger partial charge in [0.2, 0.25) is 0 Å². The minimum Gasteiger partial charge on any atom is -0.371 e. The van der Waals surface area contributed by atoms with Crippen molar-refractivity contribution in [3.63, 3.8) is 0 Å². The maximum Gasteiger partial charge on any atom is 0.0987 e. The van der Waals surface area contributed by atoms with Gasteiger partial charge in [-0.15, -0.1) is 0 Å². The molecule has 1 saturated heterocycles. The van der Waals surface area contributed by atoms with E-state index in [9.17, 15) is 0 Å². The molecule has 1 fully saturated rings. The molecular formula is C21H18O. The Morgan fingerprint density at radius 1 is 0.591 bits per heavy atom. The van der Waals surface area contributed by atoms with Crippen LogP contribution in [0.1, 0.15) is 16.7 Å². The van der Waals surface area contributed by atoms with Crippen molar-refractivity contribution < 1.29 is 4.74 Å². The molecule has 4 rings (SSSR count). The van der Waals surface area contributed by atoms with Crippen molar-refractivity contribution in [1.29, 1.82) is 0 Å². The van der Waals surface area contributed by atoms with Crippen LogP contribution in [0.2, 0.25) is 0 Å². The van der Waals surface area contributed by atoms with Gasteiger partial charge in [-0.3, -0.25) is 0 Å². The number of hydrogen-bond donors (Lipinski definition) is 0. The molecule has 0 saturated carbocycles. The largest absolute Gasteiger partial charge is 0.371 e. The highest BCUT2D eigenvalue weighted by atomic mass is 16.6. The average molecular weight is 286 g/mol. The molecule has 0 aliphatic carbocycles. The van der Waals surface area contributed by atoms with Crippen LogP contribution in [0.4, 0.5) is 0 Å². The third-order valence-electron chi connectivity index (χ3n) is 4.50. The van der Waals surface area contributed by atoms with E-state index in [-0.39, 0.29) is 11.5 Å². The van der Waals surface area contributed by atoms with E-state index >= 15 is 0 Å². The van der Waals surface area contributed by atoms with E-state index in [2.05, 4.69) is 91.0 Å². The molecule has 0 unspecified atom stereocenters. The van der Waals surface area contributed by atoms with E-state index in [0.717, 1.165) is 6.61 Å². The fraction of sp³-hybridized carbons (Fsp3) is 0.143. The maximum atomic E-state index is 5.84. The van der Waals surface area contributed by atoms with Crippen LogP contribution >= 0.6 is 0 Å². The summed E-state index contributed by atoms with van der Waals surface area (Å²) >= 11 is 0. The molecule has 3 aromatic rings. The second-order valence-electron chi connectivity index (χ2n) is 5.73. The third-order valence-corrected chi connectivity index (χ3v) is 4.50. The second-order valence-corrected chi connectivity index (χ2v) is 5.73. The summed E-state index contributed by atoms with van der Waals surface area (Å²) in [5.41, 5.74) is 3.63. The van der Waals surface area contributed by atoms with Crippen LogP contribution in [-0.2, 0) is 10.2 Å². The first-order chi connectivity index (χ1) is 10.9. The minimum absolute atomic E-state index is 0.194. The lowest BCUT2D eigenvalue weighted by Gasteiger charge is -2.34. The van der Waals surface area contributed by atoms with Crippen LogP contribution < -0.4 is 0 Å². The Morgan fingerprint density at radius 2 is 0.909 bits per heavy atom. The zero-order chi connectivity index (χ0) is 14.8. The Kier molecular flexibility index (Phi) is 3.28. The first kappa shape index (κ1) is 13.3. The Labute approximate surface area is 131 Å². The van der Waals surface area contributed by atoms with E-state index in [1.807, 2.05) is 0 Å². The highest BCUT2D eigenvalue weighted by Crippen LogP contribution is 2.47. The predicted octanol–water partition coefficient (Wildman–Crippen LogP) is 4.42. The zero-order valence-corrected chi connectivity index (χ0v) is 12.4. The van der Waals surface area contributed by atoms with Gasteiger partial charge in [0.1, 0.15) is 0 Å². The summed E-state index contributed by atoms with van der Waals surface area (Å²) in [4.78, 5) is 0. The van der Waals surface area contributed by atoms with Crippen LogP contribution in [0.25, 0.3) is 0 Å². The molecule has 0 bridgehead atoms. The van der Waals surface area contributed by atoms with E-state index < -0.39 is 0 Å². The van der Waals surface area contributed by atoms with Crippen LogP contribution in [0, 0.1) is 0 Å². The fourth-order valence-electron chi connectivity index (χ4n) is 3.46. The van der Waals surface area contributed by atoms with E-state index in [4.69, 9.17) is 4.74 Å². The Morgan fingerprint density at radius 3 is 1.18 bits per heavy atom. The summed E-state index contributed by atoms with van der Waals surface area (Å²) in [6.07, 6.45) is 0.194. The lowest BCUT2D eigenvalue weighted by atomic mass is 9.67. The van der Waals surface area contributed by atoms with Gasteiger partial charge in [-0.25, -0.2) is 0 Å². The first-order valence-electron chi connectivity index (χ1n) is 7.70. The standard InChI is InChI=1S/C21H18O/c1-4-10-17(11-5-1)21(20-16-22-20,18-12-6-2-7-13-18)19-14-8-3-9-15-19/h1-15,20H,16H2/t20-/m0/s1. The van der Waals surface area contributed by atoms with Gasteiger partial charge in [-0.2, -0.15) is 0 Å². The van der Waals surface area contributed by atoms with Gasteiger partial charge in [0.15, 0.2) is 0 Å². The molecule has 1 aliphatic heterocycles. The number of hydrogen-bond acceptors (Lipinski definition) is 1. The van der Waals surface area contributed by atoms with Gasteiger partial charge < -0.3 is 4.74 Å². The van der Waals surface area contributed by atoms with Gasteiger partial charge in [-0.1, -0.05) is 91.0 Å². The first-order valence-corrected chi connectivity index (χ1v) is 7.70. The number of ether oxygens (including phenoxy) is 1. The molecule has 22 heavy (non-hydrogen) atoms. The fourth-order valence-corrected chi connectivity index (χ4v) is 3.46. The second kappa shape index (κ2) is 5.43. The van der Waals surface area contributed by atoms with Crippen molar-refractivity contribution >= 4 is 0 Å². The molecule has 0 amide bonds. The molecular weight excluding hydrogens is 268 g/mol. The van der Waals surface area contributed by atoms with Crippen molar-refractivity contribution in [3.8, 4) is 0 Å². The summed E-state index contributed by atoms with van der Waals surface area (Å²) in [6.45, 7) is 0.804. The number of benzene rings is 3. The molecule has 0 spiro atoms. The maximum absolute atomic E-state index is 5.84. The molecule has 0 aromatic heterocycles. The molecule has 0 radical (unpaired) electrons. The van der Waals surface area contributed by atoms with Crippen molar-refractivity contribution in [1.82, 2.24) is 0 Å². The quantitative estimate of drug-likeness (QED) is 0.511. The van der Waals surface area contributed by atoms with E-state index in [1.54, 1.807) is 0 Å². The van der Waals surface area contributed by atoms with Crippen LogP contribution in [0.3, 0.4) is 0 Å². The Hall–Kier alpha value is -2.38. The zero-order valence-electron chi connectivity index (χ0n) is 12.4. The van der Waals surface area contributed by atoms with Gasteiger partial charge in [0.05, 0.1) is 18.1 Å². The normalized spacial score (nSPS) is 17.2. The van der Waals surface area contributed by atoms with Crippen LogP contribution in [-0.4, -0.2) is 12.7 Å². The summed E-state index contributed by atoms with van der Waals surface area (Å²) in [6, 6.07) is 32.1. The Balaban J connectivity index is 2.02. The summed E-state index contributed by atoms with van der Waals surface area (Å²) in [7, 11) is 0. The smallest absolute Gasteiger partial charge is 0.0987 e. The van der Waals surface area contributed by atoms with Gasteiger partial charge in [0.25, 0.3) is 0 Å². The molecule has 1 aliphatic rings. The van der Waals surface area contributed by atoms with Crippen LogP contribution in [0.15, 0.2) is 91.0 Å². The summed E-state index contributed by atoms with van der Waals surface area (Å²) < 4.78 is 5.84. The van der Waals surface area contributed by atoms with Crippen molar-refractivity contribution in [2.24, 2.45) is 0 Å². The van der Waals surface area contributed by atoms with Crippen LogP contribution in [0.5, 0.6) is 0 Å². The molecule has 3 aromatic carbocycles. The highest BCUT2D eigenvalue weighted by molar-refractivity contribution is 5.53. The van der Waals surface area contributed by atoms with Gasteiger partial charge in [-0.05, 0) is 16.7 Å². The number of rotatable bonds is 4. The van der Waals surface area contributed by atoms with Crippen molar-refractivity contribution in [3.05, 3.63) is 108 Å². The SMILES string of the molecule is c1ccc(C(c2ccccc2)(c2ccccc2)[C@@H]2CO2)cc1. The van der Waals surface area contributed by atoms with Gasteiger partial charge in [0, 0.05) is 0 Å². The van der Waals surface area contributed by atoms with Crippen molar-refractivity contribution in [2.75, 3.05) is 6.61 Å². The molecule has 1 heterocycles. The van der Waals surface area contributed by atoms with Gasteiger partial charge >= 0.3 is 0 Å². The lowest BCUT2D eigenvalue weighted by Crippen LogP contribution is -2.35. The highest BCUT2D eigenvalue weighted by Gasteiger charge is 2.50. The molecule has 1 heteroatoms. The monoisotopic (exact) mass is 286 g/mol. The molecule has 1 nitrogen and oxygen atoms in total. The Bertz CT molecular complexity index is 634. The molecule has 108 valence electrons. The topological polar surface area (TPSA) is 12.5 Å². The minimum atomic E-state index is -0.232.